The third-order valence-electron chi connectivity index (χ3n) is 3.97. The maximum absolute atomic E-state index is 11.5. The number of H-pyrrole nitrogens is 1. The smallest absolute Gasteiger partial charge is 0.211 e. The number of imidazole rings is 1. The number of aromatic amines is 1. The van der Waals surface area contributed by atoms with Crippen LogP contribution in [0, 0.1) is 5.92 Å². The van der Waals surface area contributed by atoms with E-state index in [2.05, 4.69) is 19.9 Å². The predicted octanol–water partition coefficient (Wildman–Crippen LogP) is 1.08. The highest BCUT2D eigenvalue weighted by Gasteiger charge is 2.25. The fourth-order valence-corrected chi connectivity index (χ4v) is 3.64. The summed E-state index contributed by atoms with van der Waals surface area (Å²) < 4.78 is 24.6. The van der Waals surface area contributed by atoms with Gasteiger partial charge in [-0.1, -0.05) is 0 Å². The quantitative estimate of drug-likeness (QED) is 0.910. The molecule has 8 heteroatoms. The zero-order valence-corrected chi connectivity index (χ0v) is 13.3. The van der Waals surface area contributed by atoms with Crippen molar-refractivity contribution in [3.63, 3.8) is 0 Å². The predicted molar refractivity (Wildman–Crippen MR) is 82.5 cm³/mol. The lowest BCUT2D eigenvalue weighted by molar-refractivity contribution is 0.273. The molecule has 0 aliphatic carbocycles. The second-order valence-corrected chi connectivity index (χ2v) is 7.63. The first-order chi connectivity index (χ1) is 10.5. The van der Waals surface area contributed by atoms with Crippen LogP contribution in [0.25, 0.3) is 11.5 Å². The van der Waals surface area contributed by atoms with Gasteiger partial charge in [-0.25, -0.2) is 22.7 Å². The van der Waals surface area contributed by atoms with E-state index in [9.17, 15) is 8.42 Å². The highest BCUT2D eigenvalue weighted by atomic mass is 32.2. The minimum absolute atomic E-state index is 0.444. The minimum Gasteiger partial charge on any atom is -0.343 e. The largest absolute Gasteiger partial charge is 0.343 e. The number of hydrogen-bond donors (Lipinski definition) is 1. The molecule has 0 saturated carbocycles. The molecular weight excluding hydrogens is 302 g/mol. The second kappa shape index (κ2) is 6.13. The van der Waals surface area contributed by atoms with Gasteiger partial charge in [0, 0.05) is 31.7 Å². The molecule has 1 saturated heterocycles. The van der Waals surface area contributed by atoms with Crippen LogP contribution < -0.4 is 0 Å². The Morgan fingerprint density at radius 1 is 1.32 bits per heavy atom. The van der Waals surface area contributed by atoms with Crippen LogP contribution >= 0.6 is 0 Å². The number of aromatic nitrogens is 4. The van der Waals surface area contributed by atoms with Crippen molar-refractivity contribution in [2.24, 2.45) is 5.92 Å². The molecule has 3 heterocycles. The molecule has 22 heavy (non-hydrogen) atoms. The first-order valence-corrected chi connectivity index (χ1v) is 9.13. The molecule has 1 aliphatic rings. The zero-order valence-electron chi connectivity index (χ0n) is 12.4. The lowest BCUT2D eigenvalue weighted by Crippen LogP contribution is -2.38. The maximum atomic E-state index is 11.5. The van der Waals surface area contributed by atoms with Crippen LogP contribution in [-0.4, -0.2) is 52.0 Å². The first-order valence-electron chi connectivity index (χ1n) is 7.28. The van der Waals surface area contributed by atoms with Gasteiger partial charge in [-0.3, -0.25) is 4.98 Å². The van der Waals surface area contributed by atoms with Gasteiger partial charge < -0.3 is 4.98 Å². The van der Waals surface area contributed by atoms with Crippen LogP contribution in [0.4, 0.5) is 0 Å². The minimum atomic E-state index is -3.07. The van der Waals surface area contributed by atoms with E-state index >= 15 is 0 Å². The van der Waals surface area contributed by atoms with Crippen molar-refractivity contribution in [1.82, 2.24) is 24.2 Å². The van der Waals surface area contributed by atoms with E-state index in [0.717, 1.165) is 30.7 Å². The van der Waals surface area contributed by atoms with Crippen LogP contribution in [0.5, 0.6) is 0 Å². The molecule has 0 atom stereocenters. The SMILES string of the molecule is CS(=O)(=O)N1CCC(Cc2cncc(-c3ncc[nH]3)n2)CC1. The van der Waals surface area contributed by atoms with Gasteiger partial charge in [0.25, 0.3) is 0 Å². The molecule has 1 N–H and O–H groups in total. The van der Waals surface area contributed by atoms with Gasteiger partial charge in [-0.15, -0.1) is 0 Å². The Hall–Kier alpha value is -1.80. The highest BCUT2D eigenvalue weighted by molar-refractivity contribution is 7.88. The lowest BCUT2D eigenvalue weighted by atomic mass is 9.93. The molecule has 2 aromatic heterocycles. The van der Waals surface area contributed by atoms with E-state index in [0.29, 0.717) is 24.8 Å². The number of hydrogen-bond acceptors (Lipinski definition) is 5. The Morgan fingerprint density at radius 3 is 2.73 bits per heavy atom. The van der Waals surface area contributed by atoms with E-state index in [1.165, 1.54) is 6.26 Å². The highest BCUT2D eigenvalue weighted by Crippen LogP contribution is 2.22. The standard InChI is InChI=1S/C14H19N5O2S/c1-22(20,21)19-6-2-11(3-7-19)8-12-9-15-10-13(18-12)14-16-4-5-17-14/h4-5,9-11H,2-3,6-8H2,1H3,(H,16,17). The first kappa shape index (κ1) is 15.1. The summed E-state index contributed by atoms with van der Waals surface area (Å²) in [4.78, 5) is 16.0. The number of nitrogens with zero attached hydrogens (tertiary/aromatic N) is 4. The monoisotopic (exact) mass is 321 g/mol. The molecule has 0 amide bonds. The van der Waals surface area contributed by atoms with Crippen molar-refractivity contribution in [3.8, 4) is 11.5 Å². The molecule has 1 fully saturated rings. The van der Waals surface area contributed by atoms with E-state index in [-0.39, 0.29) is 0 Å². The summed E-state index contributed by atoms with van der Waals surface area (Å²) >= 11 is 0. The Kier molecular flexibility index (Phi) is 4.21. The van der Waals surface area contributed by atoms with Crippen molar-refractivity contribution < 1.29 is 8.42 Å². The van der Waals surface area contributed by atoms with E-state index in [1.54, 1.807) is 29.1 Å². The van der Waals surface area contributed by atoms with Gasteiger partial charge in [0.2, 0.25) is 10.0 Å². The van der Waals surface area contributed by atoms with Gasteiger partial charge in [-0.2, -0.15) is 0 Å². The number of piperidine rings is 1. The van der Waals surface area contributed by atoms with Crippen molar-refractivity contribution in [2.45, 2.75) is 19.3 Å². The van der Waals surface area contributed by atoms with Crippen LogP contribution in [0.3, 0.4) is 0 Å². The Bertz CT molecular complexity index is 721. The van der Waals surface area contributed by atoms with Crippen LogP contribution in [0.2, 0.25) is 0 Å². The van der Waals surface area contributed by atoms with Crippen molar-refractivity contribution >= 4 is 10.0 Å². The number of nitrogens with one attached hydrogen (secondary N) is 1. The molecule has 0 spiro atoms. The molecule has 7 nitrogen and oxygen atoms in total. The average molecular weight is 321 g/mol. The molecule has 2 aromatic rings. The summed E-state index contributed by atoms with van der Waals surface area (Å²) in [5.74, 6) is 1.15. The summed E-state index contributed by atoms with van der Waals surface area (Å²) in [6.45, 7) is 1.18. The fraction of sp³-hybridized carbons (Fsp3) is 0.500. The zero-order chi connectivity index (χ0) is 15.6. The molecule has 3 rings (SSSR count). The lowest BCUT2D eigenvalue weighted by Gasteiger charge is -2.29. The van der Waals surface area contributed by atoms with Gasteiger partial charge in [-0.05, 0) is 25.2 Å². The topological polar surface area (TPSA) is 91.8 Å². The van der Waals surface area contributed by atoms with Gasteiger partial charge in [0.05, 0.1) is 18.1 Å². The van der Waals surface area contributed by atoms with Crippen LogP contribution in [0.15, 0.2) is 24.8 Å². The molecular formula is C14H19N5O2S. The summed E-state index contributed by atoms with van der Waals surface area (Å²) in [6.07, 6.45) is 10.7. The van der Waals surface area contributed by atoms with Gasteiger partial charge in [0.1, 0.15) is 5.69 Å². The third-order valence-corrected chi connectivity index (χ3v) is 5.27. The molecule has 118 valence electrons. The van der Waals surface area contributed by atoms with Gasteiger partial charge >= 0.3 is 0 Å². The summed E-state index contributed by atoms with van der Waals surface area (Å²) in [7, 11) is -3.07. The molecule has 0 aromatic carbocycles. The van der Waals surface area contributed by atoms with E-state index < -0.39 is 10.0 Å². The van der Waals surface area contributed by atoms with Crippen molar-refractivity contribution in [1.29, 1.82) is 0 Å². The molecule has 0 bridgehead atoms. The molecule has 0 unspecified atom stereocenters. The number of sulfonamides is 1. The van der Waals surface area contributed by atoms with Crippen LogP contribution in [-0.2, 0) is 16.4 Å². The van der Waals surface area contributed by atoms with Crippen molar-refractivity contribution in [3.05, 3.63) is 30.5 Å². The van der Waals surface area contributed by atoms with Gasteiger partial charge in [0.15, 0.2) is 5.82 Å². The van der Waals surface area contributed by atoms with E-state index in [4.69, 9.17) is 0 Å². The van der Waals surface area contributed by atoms with Crippen LogP contribution in [0.1, 0.15) is 18.5 Å². The Labute approximate surface area is 129 Å². The normalized spacial score (nSPS) is 17.7. The maximum Gasteiger partial charge on any atom is 0.211 e. The Balaban J connectivity index is 1.64. The second-order valence-electron chi connectivity index (χ2n) is 5.64. The molecule has 0 radical (unpaired) electrons. The molecule has 1 aliphatic heterocycles. The third kappa shape index (κ3) is 3.50. The Morgan fingerprint density at radius 2 is 2.09 bits per heavy atom. The summed E-state index contributed by atoms with van der Waals surface area (Å²) in [6, 6.07) is 0. The summed E-state index contributed by atoms with van der Waals surface area (Å²) in [5.41, 5.74) is 1.66. The average Bonchev–Trinajstić information content (AvgIpc) is 3.01. The van der Waals surface area contributed by atoms with E-state index in [1.807, 2.05) is 0 Å². The number of rotatable bonds is 4. The van der Waals surface area contributed by atoms with Crippen molar-refractivity contribution in [2.75, 3.05) is 19.3 Å². The summed E-state index contributed by atoms with van der Waals surface area (Å²) in [5, 5.41) is 0. The fourth-order valence-electron chi connectivity index (χ4n) is 2.76.